The zero-order valence-corrected chi connectivity index (χ0v) is 17.4. The molecule has 0 aliphatic heterocycles. The SMILES string of the molecule is C=C(/C=C\C(=C)C1=CC=CCC1)/C=C/C=C\C=C(/C)Nc1nc(C#N)c(C#N)n1C. The molecule has 0 fully saturated rings. The van der Waals surface area contributed by atoms with Gasteiger partial charge in [-0.3, -0.25) is 0 Å². The van der Waals surface area contributed by atoms with Crippen molar-refractivity contribution >= 4 is 5.95 Å². The third-order valence-electron chi connectivity index (χ3n) is 4.42. The van der Waals surface area contributed by atoms with Crippen LogP contribution in [0.15, 0.2) is 96.3 Å². The Labute approximate surface area is 178 Å². The minimum Gasteiger partial charge on any atom is -0.330 e. The van der Waals surface area contributed by atoms with Crippen molar-refractivity contribution < 1.29 is 0 Å². The van der Waals surface area contributed by atoms with Crippen LogP contribution in [0.3, 0.4) is 0 Å². The molecule has 5 nitrogen and oxygen atoms in total. The average Bonchev–Trinajstić information content (AvgIpc) is 3.06. The first kappa shape index (κ1) is 22.2. The second-order valence-electron chi connectivity index (χ2n) is 6.73. The minimum absolute atomic E-state index is 0.110. The van der Waals surface area contributed by atoms with E-state index in [2.05, 4.69) is 41.7 Å². The van der Waals surface area contributed by atoms with Crippen LogP contribution >= 0.6 is 0 Å². The number of anilines is 1. The molecule has 0 atom stereocenters. The van der Waals surface area contributed by atoms with Crippen LogP contribution in [0, 0.1) is 22.7 Å². The summed E-state index contributed by atoms with van der Waals surface area (Å²) in [5.74, 6) is 0.447. The van der Waals surface area contributed by atoms with Gasteiger partial charge in [-0.05, 0) is 42.6 Å². The monoisotopic (exact) mass is 395 g/mol. The van der Waals surface area contributed by atoms with Gasteiger partial charge in [0, 0.05) is 12.7 Å². The quantitative estimate of drug-likeness (QED) is 0.587. The molecular formula is C25H25N5. The number of nitrogens with zero attached hydrogens (tertiary/aromatic N) is 4. The maximum atomic E-state index is 9.11. The Morgan fingerprint density at radius 2 is 1.97 bits per heavy atom. The predicted octanol–water partition coefficient (Wildman–Crippen LogP) is 5.54. The molecule has 0 unspecified atom stereocenters. The maximum Gasteiger partial charge on any atom is 0.209 e. The highest BCUT2D eigenvalue weighted by Gasteiger charge is 2.13. The number of allylic oxidation sites excluding steroid dienone is 14. The van der Waals surface area contributed by atoms with E-state index in [-0.39, 0.29) is 11.4 Å². The van der Waals surface area contributed by atoms with Gasteiger partial charge in [-0.2, -0.15) is 10.5 Å². The summed E-state index contributed by atoms with van der Waals surface area (Å²) in [4.78, 5) is 4.13. The molecule has 1 aromatic rings. The Morgan fingerprint density at radius 3 is 2.60 bits per heavy atom. The molecule has 1 N–H and O–H groups in total. The van der Waals surface area contributed by atoms with Gasteiger partial charge < -0.3 is 9.88 Å². The van der Waals surface area contributed by atoms with E-state index < -0.39 is 0 Å². The van der Waals surface area contributed by atoms with Gasteiger partial charge >= 0.3 is 0 Å². The fraction of sp³-hybridized carbons (Fsp3) is 0.160. The minimum atomic E-state index is 0.110. The van der Waals surface area contributed by atoms with Gasteiger partial charge in [0.25, 0.3) is 0 Å². The Kier molecular flexibility index (Phi) is 8.17. The summed E-state index contributed by atoms with van der Waals surface area (Å²) >= 11 is 0. The van der Waals surface area contributed by atoms with E-state index in [1.807, 2.05) is 61.6 Å². The lowest BCUT2D eigenvalue weighted by Crippen LogP contribution is -2.03. The van der Waals surface area contributed by atoms with Crippen molar-refractivity contribution in [3.63, 3.8) is 0 Å². The third kappa shape index (κ3) is 6.22. The van der Waals surface area contributed by atoms with Gasteiger partial charge in [-0.15, -0.1) is 0 Å². The first-order chi connectivity index (χ1) is 14.5. The molecule has 0 aromatic carbocycles. The Morgan fingerprint density at radius 1 is 1.17 bits per heavy atom. The fourth-order valence-corrected chi connectivity index (χ4v) is 2.72. The molecule has 5 heteroatoms. The lowest BCUT2D eigenvalue weighted by atomic mass is 9.98. The topological polar surface area (TPSA) is 77.4 Å². The van der Waals surface area contributed by atoms with Crippen molar-refractivity contribution in [2.45, 2.75) is 19.8 Å². The van der Waals surface area contributed by atoms with Crippen LogP contribution in [0.2, 0.25) is 0 Å². The normalized spacial score (nSPS) is 14.1. The van der Waals surface area contributed by atoms with Gasteiger partial charge in [0.05, 0.1) is 0 Å². The number of imidazole rings is 1. The first-order valence-corrected chi connectivity index (χ1v) is 9.53. The largest absolute Gasteiger partial charge is 0.330 e. The number of aromatic nitrogens is 2. The molecule has 30 heavy (non-hydrogen) atoms. The zero-order chi connectivity index (χ0) is 21.9. The van der Waals surface area contributed by atoms with Crippen LogP contribution in [-0.4, -0.2) is 9.55 Å². The summed E-state index contributed by atoms with van der Waals surface area (Å²) in [5, 5.41) is 21.2. The Balaban J connectivity index is 1.89. The van der Waals surface area contributed by atoms with Crippen molar-refractivity contribution in [3.8, 4) is 12.1 Å². The maximum absolute atomic E-state index is 9.11. The van der Waals surface area contributed by atoms with Gasteiger partial charge in [0.1, 0.15) is 12.1 Å². The van der Waals surface area contributed by atoms with Crippen LogP contribution in [0.4, 0.5) is 5.95 Å². The van der Waals surface area contributed by atoms with E-state index in [4.69, 9.17) is 10.5 Å². The van der Waals surface area contributed by atoms with Crippen LogP contribution in [0.1, 0.15) is 31.2 Å². The number of hydrogen-bond acceptors (Lipinski definition) is 4. The average molecular weight is 396 g/mol. The van der Waals surface area contributed by atoms with Crippen molar-refractivity contribution in [1.82, 2.24) is 9.55 Å². The van der Waals surface area contributed by atoms with E-state index >= 15 is 0 Å². The molecule has 2 rings (SSSR count). The highest BCUT2D eigenvalue weighted by Crippen LogP contribution is 2.20. The summed E-state index contributed by atoms with van der Waals surface area (Å²) < 4.78 is 1.56. The van der Waals surface area contributed by atoms with E-state index in [1.54, 1.807) is 11.6 Å². The second-order valence-corrected chi connectivity index (χ2v) is 6.73. The van der Waals surface area contributed by atoms with Crippen LogP contribution in [0.25, 0.3) is 0 Å². The predicted molar refractivity (Wildman–Crippen MR) is 122 cm³/mol. The molecule has 1 aromatic heterocycles. The third-order valence-corrected chi connectivity index (χ3v) is 4.42. The van der Waals surface area contributed by atoms with Gasteiger partial charge in [0.15, 0.2) is 11.4 Å². The van der Waals surface area contributed by atoms with E-state index in [9.17, 15) is 0 Å². The smallest absolute Gasteiger partial charge is 0.209 e. The molecule has 1 heterocycles. The molecule has 150 valence electrons. The number of hydrogen-bond donors (Lipinski definition) is 1. The highest BCUT2D eigenvalue weighted by molar-refractivity contribution is 5.48. The highest BCUT2D eigenvalue weighted by atomic mass is 15.2. The first-order valence-electron chi connectivity index (χ1n) is 9.53. The van der Waals surface area contributed by atoms with E-state index in [0.717, 1.165) is 29.7 Å². The Bertz CT molecular complexity index is 1090. The van der Waals surface area contributed by atoms with Gasteiger partial charge in [-0.1, -0.05) is 67.8 Å². The van der Waals surface area contributed by atoms with Crippen molar-refractivity contribution in [3.05, 3.63) is 108 Å². The van der Waals surface area contributed by atoms with Crippen molar-refractivity contribution in [2.24, 2.45) is 7.05 Å². The molecule has 0 amide bonds. The zero-order valence-electron chi connectivity index (χ0n) is 17.4. The number of rotatable bonds is 8. The molecule has 0 saturated carbocycles. The summed E-state index contributed by atoms with van der Waals surface area (Å²) in [6.45, 7) is 10.0. The fourth-order valence-electron chi connectivity index (χ4n) is 2.72. The molecular weight excluding hydrogens is 370 g/mol. The lowest BCUT2D eigenvalue weighted by molar-refractivity contribution is 0.901. The second kappa shape index (κ2) is 11.0. The van der Waals surface area contributed by atoms with Crippen LogP contribution in [0.5, 0.6) is 0 Å². The van der Waals surface area contributed by atoms with Crippen molar-refractivity contribution in [1.29, 1.82) is 10.5 Å². The summed E-state index contributed by atoms with van der Waals surface area (Å²) in [5.41, 5.74) is 4.33. The molecule has 0 radical (unpaired) electrons. The molecule has 1 aliphatic carbocycles. The van der Waals surface area contributed by atoms with E-state index in [1.165, 1.54) is 5.57 Å². The van der Waals surface area contributed by atoms with Crippen LogP contribution < -0.4 is 5.32 Å². The summed E-state index contributed by atoms with van der Waals surface area (Å²) in [7, 11) is 1.69. The molecule has 0 saturated heterocycles. The summed E-state index contributed by atoms with van der Waals surface area (Å²) in [6.07, 6.45) is 21.8. The molecule has 0 bridgehead atoms. The summed E-state index contributed by atoms with van der Waals surface area (Å²) in [6, 6.07) is 3.91. The van der Waals surface area contributed by atoms with Crippen molar-refractivity contribution in [2.75, 3.05) is 5.32 Å². The van der Waals surface area contributed by atoms with E-state index in [0.29, 0.717) is 5.95 Å². The number of nitriles is 2. The lowest BCUT2D eigenvalue weighted by Gasteiger charge is -2.08. The van der Waals surface area contributed by atoms with Gasteiger partial charge in [-0.25, -0.2) is 4.98 Å². The molecule has 1 aliphatic rings. The molecule has 0 spiro atoms. The van der Waals surface area contributed by atoms with Gasteiger partial charge in [0.2, 0.25) is 5.95 Å². The van der Waals surface area contributed by atoms with Crippen LogP contribution in [-0.2, 0) is 7.05 Å². The number of nitrogens with one attached hydrogen (secondary N) is 1. The standard InChI is InChI=1S/C25H25N5/c1-19(15-16-20(2)22-13-9-6-10-14-22)11-7-5-8-12-21(3)28-25-29-23(17-26)24(18-27)30(25)4/h5-9,11-13,15-16H,1-2,10,14H2,3-4H3,(H,28,29)/b8-5-,11-7+,16-15-,21-12+. The Hall–Kier alpha value is -4.09.